The molecule has 0 saturated heterocycles. The maximum Gasteiger partial charge on any atom is 0.303 e. The van der Waals surface area contributed by atoms with Crippen molar-refractivity contribution in [3.8, 4) is 11.1 Å². The normalized spacial score (nSPS) is 9.05. The lowest BCUT2D eigenvalue weighted by molar-refractivity contribution is -0.137. The monoisotopic (exact) mass is 256 g/mol. The summed E-state index contributed by atoms with van der Waals surface area (Å²) in [6.07, 6.45) is 0.660. The molecule has 0 aliphatic heterocycles. The maximum absolute atomic E-state index is 9.60. The van der Waals surface area contributed by atoms with Crippen LogP contribution in [0.1, 0.15) is 12.8 Å². The van der Waals surface area contributed by atoms with E-state index in [-0.39, 0.29) is 12.8 Å². The predicted molar refractivity (Wildman–Crippen MR) is 74.8 cm³/mol. The standard InChI is InChI=1S/C12H10.C4H6O3/c1-3-7-11(8-4-1)12-9-5-2-6-10-12;5-3-1-2-4(6)7/h1-10H;3H,1-2H2,(H,6,7). The second kappa shape index (κ2) is 8.64. The Bertz CT molecular complexity index is 454. The van der Waals surface area contributed by atoms with E-state index < -0.39 is 5.97 Å². The van der Waals surface area contributed by atoms with Gasteiger partial charge in [-0.3, -0.25) is 4.79 Å². The number of benzene rings is 2. The molecule has 0 saturated carbocycles. The van der Waals surface area contributed by atoms with Crippen molar-refractivity contribution in [1.29, 1.82) is 0 Å². The molecule has 0 atom stereocenters. The Hall–Kier alpha value is -2.42. The smallest absolute Gasteiger partial charge is 0.303 e. The summed E-state index contributed by atoms with van der Waals surface area (Å²) in [5.41, 5.74) is 2.55. The summed E-state index contributed by atoms with van der Waals surface area (Å²) < 4.78 is 0. The van der Waals surface area contributed by atoms with E-state index in [4.69, 9.17) is 5.11 Å². The molecule has 3 nitrogen and oxygen atoms in total. The molecule has 0 spiro atoms. The van der Waals surface area contributed by atoms with Gasteiger partial charge in [-0.15, -0.1) is 0 Å². The van der Waals surface area contributed by atoms with Gasteiger partial charge in [0.2, 0.25) is 0 Å². The Labute approximate surface area is 112 Å². The molecule has 19 heavy (non-hydrogen) atoms. The first-order chi connectivity index (χ1) is 9.24. The van der Waals surface area contributed by atoms with Crippen LogP contribution >= 0.6 is 0 Å². The van der Waals surface area contributed by atoms with Gasteiger partial charge in [-0.25, -0.2) is 0 Å². The van der Waals surface area contributed by atoms with E-state index >= 15 is 0 Å². The van der Waals surface area contributed by atoms with Crippen LogP contribution in [0, 0.1) is 0 Å². The molecular weight excluding hydrogens is 240 g/mol. The summed E-state index contributed by atoms with van der Waals surface area (Å²) >= 11 is 0. The third-order valence-electron chi connectivity index (χ3n) is 2.36. The van der Waals surface area contributed by atoms with Crippen molar-refractivity contribution in [1.82, 2.24) is 0 Å². The highest BCUT2D eigenvalue weighted by atomic mass is 16.4. The number of carbonyl (C=O) groups excluding carboxylic acids is 1. The minimum absolute atomic E-state index is 0.0521. The van der Waals surface area contributed by atoms with E-state index in [1.54, 1.807) is 0 Å². The molecule has 0 amide bonds. The minimum Gasteiger partial charge on any atom is -0.481 e. The predicted octanol–water partition coefficient (Wildman–Crippen LogP) is 3.40. The van der Waals surface area contributed by atoms with Crippen LogP contribution in [0.3, 0.4) is 0 Å². The molecule has 2 aromatic carbocycles. The summed E-state index contributed by atoms with van der Waals surface area (Å²) in [6.45, 7) is 0. The molecule has 1 N–H and O–H groups in total. The van der Waals surface area contributed by atoms with E-state index in [2.05, 4.69) is 48.5 Å². The second-order valence-electron chi connectivity index (χ2n) is 3.83. The van der Waals surface area contributed by atoms with Crippen LogP contribution in [-0.4, -0.2) is 17.4 Å². The Morgan fingerprint density at radius 1 is 0.895 bits per heavy atom. The average molecular weight is 256 g/mol. The molecule has 0 fully saturated rings. The van der Waals surface area contributed by atoms with Crippen molar-refractivity contribution in [3.05, 3.63) is 60.7 Å². The lowest BCUT2D eigenvalue weighted by Crippen LogP contribution is -1.93. The summed E-state index contributed by atoms with van der Waals surface area (Å²) in [5.74, 6) is -0.924. The van der Waals surface area contributed by atoms with Crippen LogP contribution in [-0.2, 0) is 9.59 Å². The number of hydrogen-bond acceptors (Lipinski definition) is 2. The Kier molecular flexibility index (Phi) is 6.66. The van der Waals surface area contributed by atoms with Crippen LogP contribution in [0.25, 0.3) is 11.1 Å². The fraction of sp³-hybridized carbons (Fsp3) is 0.125. The van der Waals surface area contributed by atoms with Crippen molar-refractivity contribution in [2.45, 2.75) is 12.8 Å². The minimum atomic E-state index is -0.924. The van der Waals surface area contributed by atoms with E-state index in [0.717, 1.165) is 0 Å². The number of carbonyl (C=O) groups is 2. The zero-order valence-electron chi connectivity index (χ0n) is 10.5. The first-order valence-corrected chi connectivity index (χ1v) is 6.00. The van der Waals surface area contributed by atoms with Crippen molar-refractivity contribution < 1.29 is 14.7 Å². The molecule has 0 aliphatic carbocycles. The van der Waals surface area contributed by atoms with Gasteiger partial charge in [-0.05, 0) is 11.1 Å². The van der Waals surface area contributed by atoms with Crippen molar-refractivity contribution in [3.63, 3.8) is 0 Å². The molecule has 2 aromatic rings. The number of carboxylic acid groups (broad SMARTS) is 1. The molecular formula is C16H16O3. The van der Waals surface area contributed by atoms with Gasteiger partial charge in [0.05, 0.1) is 6.42 Å². The Balaban J connectivity index is 0.000000224. The first-order valence-electron chi connectivity index (χ1n) is 6.00. The third-order valence-corrected chi connectivity index (χ3v) is 2.36. The lowest BCUT2D eigenvalue weighted by atomic mass is 10.1. The molecule has 0 aliphatic rings. The number of aldehydes is 1. The Morgan fingerprint density at radius 2 is 1.32 bits per heavy atom. The largest absolute Gasteiger partial charge is 0.481 e. The summed E-state index contributed by atoms with van der Waals surface area (Å²) in [5, 5.41) is 7.89. The fourth-order valence-corrected chi connectivity index (χ4v) is 1.44. The van der Waals surface area contributed by atoms with Crippen LogP contribution in [0.4, 0.5) is 0 Å². The number of rotatable bonds is 4. The lowest BCUT2D eigenvalue weighted by Gasteiger charge is -1.98. The zero-order valence-corrected chi connectivity index (χ0v) is 10.5. The zero-order chi connectivity index (χ0) is 13.9. The highest BCUT2D eigenvalue weighted by molar-refractivity contribution is 5.70. The van der Waals surface area contributed by atoms with Gasteiger partial charge < -0.3 is 9.90 Å². The number of aliphatic carboxylic acids is 1. The molecule has 0 radical (unpaired) electrons. The molecule has 98 valence electrons. The fourth-order valence-electron chi connectivity index (χ4n) is 1.44. The molecule has 0 bridgehead atoms. The van der Waals surface area contributed by atoms with E-state index in [9.17, 15) is 9.59 Å². The van der Waals surface area contributed by atoms with Gasteiger partial charge >= 0.3 is 5.97 Å². The summed E-state index contributed by atoms with van der Waals surface area (Å²) in [7, 11) is 0. The number of carboxylic acids is 1. The molecule has 0 aromatic heterocycles. The van der Waals surface area contributed by atoms with Gasteiger partial charge in [0.15, 0.2) is 0 Å². The highest BCUT2D eigenvalue weighted by Crippen LogP contribution is 2.17. The van der Waals surface area contributed by atoms with Crippen LogP contribution in [0.5, 0.6) is 0 Å². The summed E-state index contributed by atoms with van der Waals surface area (Å²) in [6, 6.07) is 20.8. The Morgan fingerprint density at radius 3 is 1.58 bits per heavy atom. The SMILES string of the molecule is O=CCCC(=O)O.c1ccc(-c2ccccc2)cc1. The maximum atomic E-state index is 9.60. The molecule has 0 unspecified atom stereocenters. The van der Waals surface area contributed by atoms with Gasteiger partial charge in [0.1, 0.15) is 6.29 Å². The topological polar surface area (TPSA) is 54.4 Å². The molecule has 0 heterocycles. The first kappa shape index (κ1) is 14.6. The summed E-state index contributed by atoms with van der Waals surface area (Å²) in [4.78, 5) is 19.0. The highest BCUT2D eigenvalue weighted by Gasteiger charge is 1.92. The number of hydrogen-bond donors (Lipinski definition) is 1. The average Bonchev–Trinajstić information content (AvgIpc) is 2.47. The van der Waals surface area contributed by atoms with Crippen molar-refractivity contribution in [2.75, 3.05) is 0 Å². The quantitative estimate of drug-likeness (QED) is 0.853. The molecule has 3 heteroatoms. The third kappa shape index (κ3) is 6.17. The second-order valence-corrected chi connectivity index (χ2v) is 3.83. The van der Waals surface area contributed by atoms with E-state index in [1.165, 1.54) is 11.1 Å². The van der Waals surface area contributed by atoms with Crippen LogP contribution < -0.4 is 0 Å². The van der Waals surface area contributed by atoms with Crippen LogP contribution in [0.15, 0.2) is 60.7 Å². The van der Waals surface area contributed by atoms with Gasteiger partial charge in [-0.1, -0.05) is 60.7 Å². The van der Waals surface area contributed by atoms with Gasteiger partial charge in [0.25, 0.3) is 0 Å². The van der Waals surface area contributed by atoms with Crippen molar-refractivity contribution in [2.24, 2.45) is 0 Å². The van der Waals surface area contributed by atoms with Gasteiger partial charge in [-0.2, -0.15) is 0 Å². The van der Waals surface area contributed by atoms with E-state index in [0.29, 0.717) is 6.29 Å². The van der Waals surface area contributed by atoms with E-state index in [1.807, 2.05) is 12.1 Å². The molecule has 2 rings (SSSR count). The van der Waals surface area contributed by atoms with Crippen molar-refractivity contribution >= 4 is 12.3 Å². The van der Waals surface area contributed by atoms with Gasteiger partial charge in [0, 0.05) is 6.42 Å². The van der Waals surface area contributed by atoms with Crippen LogP contribution in [0.2, 0.25) is 0 Å².